The Labute approximate surface area is 210 Å². The van der Waals surface area contributed by atoms with E-state index in [1.165, 1.54) is 22.9 Å². The van der Waals surface area contributed by atoms with Crippen LogP contribution in [0.15, 0.2) is 96.2 Å². The minimum absolute atomic E-state index is 0.157. The van der Waals surface area contributed by atoms with Crippen molar-refractivity contribution in [1.82, 2.24) is 24.6 Å². The van der Waals surface area contributed by atoms with Crippen LogP contribution in [0.25, 0.3) is 11.4 Å². The van der Waals surface area contributed by atoms with Gasteiger partial charge in [0.1, 0.15) is 0 Å². The monoisotopic (exact) mass is 483 g/mol. The molecule has 5 rings (SSSR count). The van der Waals surface area contributed by atoms with Crippen LogP contribution in [0.2, 0.25) is 0 Å². The van der Waals surface area contributed by atoms with Crippen molar-refractivity contribution < 1.29 is 4.79 Å². The third-order valence-electron chi connectivity index (χ3n) is 6.23. The molecule has 35 heavy (non-hydrogen) atoms. The van der Waals surface area contributed by atoms with Gasteiger partial charge in [-0.05, 0) is 11.1 Å². The predicted molar refractivity (Wildman–Crippen MR) is 140 cm³/mol. The van der Waals surface area contributed by atoms with Crippen LogP contribution in [0.5, 0.6) is 0 Å². The maximum atomic E-state index is 13.0. The number of hydrogen-bond acceptors (Lipinski definition) is 5. The second-order valence-corrected chi connectivity index (χ2v) is 9.62. The fraction of sp³-hybridized carbons (Fsp3) is 0.250. The second-order valence-electron chi connectivity index (χ2n) is 8.68. The first-order valence-corrected chi connectivity index (χ1v) is 12.9. The van der Waals surface area contributed by atoms with Gasteiger partial charge in [-0.2, -0.15) is 0 Å². The molecule has 0 saturated carbocycles. The van der Waals surface area contributed by atoms with Crippen molar-refractivity contribution in [3.8, 4) is 11.4 Å². The molecule has 0 unspecified atom stereocenters. The van der Waals surface area contributed by atoms with E-state index in [9.17, 15) is 4.79 Å². The molecule has 0 spiro atoms. The summed E-state index contributed by atoms with van der Waals surface area (Å²) in [6.45, 7) is 4.91. The number of piperazine rings is 1. The molecule has 7 heteroatoms. The largest absolute Gasteiger partial charge is 0.339 e. The lowest BCUT2D eigenvalue weighted by molar-refractivity contribution is -0.130. The van der Waals surface area contributed by atoms with Gasteiger partial charge in [0.25, 0.3) is 0 Å². The topological polar surface area (TPSA) is 54.3 Å². The van der Waals surface area contributed by atoms with Crippen molar-refractivity contribution in [3.63, 3.8) is 0 Å². The highest BCUT2D eigenvalue weighted by atomic mass is 32.2. The van der Waals surface area contributed by atoms with Gasteiger partial charge in [-0.25, -0.2) is 0 Å². The Morgan fingerprint density at radius 2 is 1.29 bits per heavy atom. The van der Waals surface area contributed by atoms with E-state index >= 15 is 0 Å². The molecule has 1 aliphatic rings. The first-order valence-electron chi connectivity index (χ1n) is 12.0. The van der Waals surface area contributed by atoms with Crippen molar-refractivity contribution >= 4 is 17.7 Å². The van der Waals surface area contributed by atoms with Gasteiger partial charge in [-0.3, -0.25) is 14.3 Å². The summed E-state index contributed by atoms with van der Waals surface area (Å²) < 4.78 is 2.11. The van der Waals surface area contributed by atoms with Crippen LogP contribution in [0.4, 0.5) is 0 Å². The number of nitrogens with zero attached hydrogens (tertiary/aromatic N) is 5. The summed E-state index contributed by atoms with van der Waals surface area (Å²) in [5.41, 5.74) is 3.51. The molecule has 1 aromatic heterocycles. The van der Waals surface area contributed by atoms with Crippen molar-refractivity contribution in [1.29, 1.82) is 0 Å². The minimum Gasteiger partial charge on any atom is -0.339 e. The lowest BCUT2D eigenvalue weighted by atomic mass is 10.2. The van der Waals surface area contributed by atoms with Crippen LogP contribution in [-0.4, -0.2) is 62.4 Å². The lowest BCUT2D eigenvalue weighted by Gasteiger charge is -2.34. The van der Waals surface area contributed by atoms with E-state index < -0.39 is 0 Å². The maximum absolute atomic E-state index is 13.0. The second kappa shape index (κ2) is 11.3. The van der Waals surface area contributed by atoms with Gasteiger partial charge in [0, 0.05) is 38.3 Å². The lowest BCUT2D eigenvalue weighted by Crippen LogP contribution is -2.48. The zero-order valence-electron chi connectivity index (χ0n) is 19.7. The zero-order valence-corrected chi connectivity index (χ0v) is 20.5. The number of aromatic nitrogens is 3. The normalized spacial score (nSPS) is 14.2. The molecule has 3 aromatic carbocycles. The highest BCUT2D eigenvalue weighted by Crippen LogP contribution is 2.25. The van der Waals surface area contributed by atoms with Crippen LogP contribution < -0.4 is 0 Å². The number of benzene rings is 3. The molecular weight excluding hydrogens is 454 g/mol. The van der Waals surface area contributed by atoms with Crippen LogP contribution in [0, 0.1) is 0 Å². The summed E-state index contributed by atoms with van der Waals surface area (Å²) in [4.78, 5) is 17.4. The number of amides is 1. The van der Waals surface area contributed by atoms with Gasteiger partial charge in [0.15, 0.2) is 11.0 Å². The molecule has 6 nitrogen and oxygen atoms in total. The summed E-state index contributed by atoms with van der Waals surface area (Å²) >= 11 is 1.47. The molecule has 0 atom stereocenters. The Morgan fingerprint density at radius 1 is 0.714 bits per heavy atom. The van der Waals surface area contributed by atoms with E-state index in [1.807, 2.05) is 59.5 Å². The van der Waals surface area contributed by atoms with E-state index in [4.69, 9.17) is 0 Å². The van der Waals surface area contributed by atoms with E-state index in [0.717, 1.165) is 49.3 Å². The van der Waals surface area contributed by atoms with E-state index in [2.05, 4.69) is 56.1 Å². The quantitative estimate of drug-likeness (QED) is 0.347. The molecule has 1 fully saturated rings. The van der Waals surface area contributed by atoms with E-state index in [1.54, 1.807) is 0 Å². The van der Waals surface area contributed by atoms with Crippen LogP contribution in [-0.2, 0) is 17.9 Å². The molecule has 1 amide bonds. The van der Waals surface area contributed by atoms with Gasteiger partial charge < -0.3 is 4.90 Å². The molecule has 4 aromatic rings. The highest BCUT2D eigenvalue weighted by Gasteiger charge is 2.22. The summed E-state index contributed by atoms with van der Waals surface area (Å²) in [6.07, 6.45) is 0. The predicted octanol–water partition coefficient (Wildman–Crippen LogP) is 4.43. The third kappa shape index (κ3) is 5.99. The van der Waals surface area contributed by atoms with Crippen LogP contribution in [0.3, 0.4) is 0 Å². The smallest absolute Gasteiger partial charge is 0.233 e. The Hall–Kier alpha value is -3.42. The summed E-state index contributed by atoms with van der Waals surface area (Å²) in [7, 11) is 0. The van der Waals surface area contributed by atoms with Crippen LogP contribution in [0.1, 0.15) is 11.1 Å². The maximum Gasteiger partial charge on any atom is 0.233 e. The number of rotatable bonds is 8. The number of carbonyl (C=O) groups excluding carboxylic acids is 1. The fourth-order valence-corrected chi connectivity index (χ4v) is 5.16. The Bertz CT molecular complexity index is 1220. The first kappa shape index (κ1) is 23.3. The van der Waals surface area contributed by atoms with Gasteiger partial charge in [-0.15, -0.1) is 10.2 Å². The Balaban J connectivity index is 1.22. The number of thioether (sulfide) groups is 1. The number of carbonyl (C=O) groups is 1. The van der Waals surface area contributed by atoms with Crippen molar-refractivity contribution in [3.05, 3.63) is 102 Å². The van der Waals surface area contributed by atoms with Gasteiger partial charge >= 0.3 is 0 Å². The summed E-state index contributed by atoms with van der Waals surface area (Å²) in [5.74, 6) is 1.34. The Morgan fingerprint density at radius 3 is 1.91 bits per heavy atom. The molecular formula is C28H29N5OS. The van der Waals surface area contributed by atoms with Crippen molar-refractivity contribution in [2.24, 2.45) is 0 Å². The van der Waals surface area contributed by atoms with E-state index in [0.29, 0.717) is 12.3 Å². The molecule has 0 bridgehead atoms. The molecule has 2 heterocycles. The summed E-state index contributed by atoms with van der Waals surface area (Å²) in [6, 6.07) is 30.9. The molecule has 0 radical (unpaired) electrons. The Kier molecular flexibility index (Phi) is 7.56. The third-order valence-corrected chi connectivity index (χ3v) is 7.18. The standard InChI is InChI=1S/C28H29N5OS/c34-26(32-18-16-31(17-19-32)20-23-10-4-1-5-11-23)22-35-28-30-29-27(25-14-8-3-9-15-25)33(28)21-24-12-6-2-7-13-24/h1-15H,16-22H2. The zero-order chi connectivity index (χ0) is 23.9. The van der Waals surface area contributed by atoms with Gasteiger partial charge in [-0.1, -0.05) is 103 Å². The molecule has 1 saturated heterocycles. The average molecular weight is 484 g/mol. The van der Waals surface area contributed by atoms with Gasteiger partial charge in [0.05, 0.1) is 12.3 Å². The SMILES string of the molecule is O=C(CSc1nnc(-c2ccccc2)n1Cc1ccccc1)N1CCN(Cc2ccccc2)CC1. The summed E-state index contributed by atoms with van der Waals surface area (Å²) in [5, 5.41) is 9.71. The molecule has 0 N–H and O–H groups in total. The number of hydrogen-bond donors (Lipinski definition) is 0. The van der Waals surface area contributed by atoms with E-state index in [-0.39, 0.29) is 5.91 Å². The molecule has 0 aliphatic carbocycles. The molecule has 1 aliphatic heterocycles. The van der Waals surface area contributed by atoms with Crippen LogP contribution >= 0.6 is 11.8 Å². The highest BCUT2D eigenvalue weighted by molar-refractivity contribution is 7.99. The minimum atomic E-state index is 0.157. The fourth-order valence-electron chi connectivity index (χ4n) is 4.32. The first-order chi connectivity index (χ1) is 17.3. The van der Waals surface area contributed by atoms with Gasteiger partial charge in [0.2, 0.25) is 5.91 Å². The average Bonchev–Trinajstić information content (AvgIpc) is 3.31. The molecule has 178 valence electrons. The van der Waals surface area contributed by atoms with Crippen molar-refractivity contribution in [2.75, 3.05) is 31.9 Å². The van der Waals surface area contributed by atoms with Crippen molar-refractivity contribution in [2.45, 2.75) is 18.2 Å².